The monoisotopic (exact) mass is 263 g/mol. The van der Waals surface area contributed by atoms with Gasteiger partial charge in [0.15, 0.2) is 0 Å². The summed E-state index contributed by atoms with van der Waals surface area (Å²) in [6, 6.07) is 0. The van der Waals surface area contributed by atoms with E-state index in [1.807, 2.05) is 0 Å². The summed E-state index contributed by atoms with van der Waals surface area (Å²) in [6.07, 6.45) is -1.07. The van der Waals surface area contributed by atoms with E-state index in [-0.39, 0.29) is 26.4 Å². The molecule has 18 heavy (non-hydrogen) atoms. The molecule has 7 heteroatoms. The third kappa shape index (κ3) is 5.95. The van der Waals surface area contributed by atoms with Crippen molar-refractivity contribution in [3.8, 4) is 0 Å². The largest absolute Gasteiger partial charge is 0.481 e. The van der Waals surface area contributed by atoms with Gasteiger partial charge >= 0.3 is 5.97 Å². The van der Waals surface area contributed by atoms with Gasteiger partial charge in [-0.15, -0.1) is 0 Å². The molecule has 0 fully saturated rings. The molecule has 0 aromatic rings. The lowest BCUT2D eigenvalue weighted by molar-refractivity contribution is -0.158. The summed E-state index contributed by atoms with van der Waals surface area (Å²) in [6.45, 7) is 3.03. The molecule has 106 valence electrons. The van der Waals surface area contributed by atoms with E-state index < -0.39 is 23.4 Å². The van der Waals surface area contributed by atoms with Crippen molar-refractivity contribution in [2.24, 2.45) is 5.41 Å². The lowest BCUT2D eigenvalue weighted by Gasteiger charge is -2.31. The molecule has 1 atom stereocenters. The van der Waals surface area contributed by atoms with Gasteiger partial charge in [-0.1, -0.05) is 13.8 Å². The number of ether oxygens (including phenoxy) is 2. The minimum Gasteiger partial charge on any atom is -0.481 e. The topological polar surface area (TPSA) is 105 Å². The van der Waals surface area contributed by atoms with Crippen molar-refractivity contribution in [3.63, 3.8) is 0 Å². The maximum atomic E-state index is 11.8. The van der Waals surface area contributed by atoms with Crippen molar-refractivity contribution in [1.82, 2.24) is 5.32 Å². The van der Waals surface area contributed by atoms with Gasteiger partial charge in [0.05, 0.1) is 13.0 Å². The number of aliphatic hydroxyl groups is 1. The molecular formula is C11H21NO6. The van der Waals surface area contributed by atoms with Gasteiger partial charge in [-0.05, 0) is 0 Å². The van der Waals surface area contributed by atoms with Crippen LogP contribution in [-0.2, 0) is 19.1 Å². The van der Waals surface area contributed by atoms with Crippen LogP contribution in [0.5, 0.6) is 0 Å². The highest BCUT2D eigenvalue weighted by Crippen LogP contribution is 2.22. The number of carbonyl (C=O) groups excluding carboxylic acids is 1. The molecule has 7 nitrogen and oxygen atoms in total. The lowest BCUT2D eigenvalue weighted by atomic mass is 9.87. The molecule has 0 aliphatic carbocycles. The van der Waals surface area contributed by atoms with E-state index >= 15 is 0 Å². The highest BCUT2D eigenvalue weighted by Gasteiger charge is 2.35. The fraction of sp³-hybridized carbons (Fsp3) is 0.818. The predicted octanol–water partition coefficient (Wildman–Crippen LogP) is -0.415. The van der Waals surface area contributed by atoms with Gasteiger partial charge < -0.3 is 25.0 Å². The Morgan fingerprint density at radius 1 is 1.39 bits per heavy atom. The van der Waals surface area contributed by atoms with Crippen molar-refractivity contribution in [3.05, 3.63) is 0 Å². The fourth-order valence-electron chi connectivity index (χ4n) is 1.26. The molecule has 3 N–H and O–H groups in total. The standard InChI is InChI=1S/C11H21NO6/c1-11(2,6-13)9(18-7-17-3)10(16)12-5-4-8(14)15/h9,13H,4-7H2,1-3H3,(H,12,16)(H,14,15)/t9-/m0/s1. The van der Waals surface area contributed by atoms with Crippen LogP contribution >= 0.6 is 0 Å². The number of aliphatic hydroxyl groups excluding tert-OH is 1. The number of aliphatic carboxylic acids is 1. The molecule has 0 radical (unpaired) electrons. The van der Waals surface area contributed by atoms with Crippen molar-refractivity contribution in [2.45, 2.75) is 26.4 Å². The molecule has 0 aliphatic rings. The number of carbonyl (C=O) groups is 2. The van der Waals surface area contributed by atoms with E-state index in [2.05, 4.69) is 5.32 Å². The molecule has 0 aliphatic heterocycles. The van der Waals surface area contributed by atoms with Gasteiger partial charge in [0.2, 0.25) is 5.91 Å². The second-order valence-electron chi connectivity index (χ2n) is 4.53. The highest BCUT2D eigenvalue weighted by molar-refractivity contribution is 5.82. The molecule has 0 saturated carbocycles. The summed E-state index contributed by atoms with van der Waals surface area (Å²) < 4.78 is 9.95. The van der Waals surface area contributed by atoms with Crippen LogP contribution < -0.4 is 5.32 Å². The Morgan fingerprint density at radius 2 is 2.00 bits per heavy atom. The quantitative estimate of drug-likeness (QED) is 0.488. The SMILES string of the molecule is COCO[C@@H](C(=O)NCCC(=O)O)C(C)(C)CO. The Kier molecular flexibility index (Phi) is 7.49. The van der Waals surface area contributed by atoms with Crippen LogP contribution in [0.15, 0.2) is 0 Å². The predicted molar refractivity (Wildman–Crippen MR) is 62.9 cm³/mol. The summed E-state index contributed by atoms with van der Waals surface area (Å²) in [5, 5.41) is 20.2. The minimum atomic E-state index is -0.994. The van der Waals surface area contributed by atoms with E-state index in [4.69, 9.17) is 14.6 Å². The smallest absolute Gasteiger partial charge is 0.305 e. The van der Waals surface area contributed by atoms with Gasteiger partial charge in [0, 0.05) is 19.1 Å². The number of hydrogen-bond donors (Lipinski definition) is 3. The summed E-state index contributed by atoms with van der Waals surface area (Å²) in [5.41, 5.74) is -0.786. The first kappa shape index (κ1) is 16.8. The fourth-order valence-corrected chi connectivity index (χ4v) is 1.26. The summed E-state index contributed by atoms with van der Waals surface area (Å²) in [5.74, 6) is -1.46. The number of nitrogens with one attached hydrogen (secondary N) is 1. The number of carboxylic acids is 1. The molecule has 0 aromatic carbocycles. The molecule has 0 heterocycles. The zero-order valence-corrected chi connectivity index (χ0v) is 10.9. The Morgan fingerprint density at radius 3 is 2.44 bits per heavy atom. The van der Waals surface area contributed by atoms with Crippen molar-refractivity contribution < 1.29 is 29.3 Å². The van der Waals surface area contributed by atoms with Crippen molar-refractivity contribution in [2.75, 3.05) is 27.1 Å². The number of carboxylic acid groups (broad SMARTS) is 1. The highest BCUT2D eigenvalue weighted by atomic mass is 16.7. The zero-order chi connectivity index (χ0) is 14.2. The maximum absolute atomic E-state index is 11.8. The molecule has 0 saturated heterocycles. The average molecular weight is 263 g/mol. The average Bonchev–Trinajstić information content (AvgIpc) is 2.28. The first-order valence-corrected chi connectivity index (χ1v) is 5.56. The Labute approximate surface area is 106 Å². The first-order chi connectivity index (χ1) is 8.35. The van der Waals surface area contributed by atoms with Gasteiger partial charge in [-0.25, -0.2) is 0 Å². The van der Waals surface area contributed by atoms with E-state index in [0.717, 1.165) is 0 Å². The Balaban J connectivity index is 4.45. The van der Waals surface area contributed by atoms with Gasteiger partial charge in [-0.3, -0.25) is 9.59 Å². The molecule has 1 amide bonds. The van der Waals surface area contributed by atoms with Gasteiger partial charge in [0.1, 0.15) is 12.9 Å². The lowest BCUT2D eigenvalue weighted by Crippen LogP contribution is -2.48. The summed E-state index contributed by atoms with van der Waals surface area (Å²) in [4.78, 5) is 22.2. The summed E-state index contributed by atoms with van der Waals surface area (Å²) >= 11 is 0. The first-order valence-electron chi connectivity index (χ1n) is 5.56. The Hall–Kier alpha value is -1.18. The van der Waals surface area contributed by atoms with Gasteiger partial charge in [-0.2, -0.15) is 0 Å². The van der Waals surface area contributed by atoms with E-state index in [1.165, 1.54) is 7.11 Å². The molecule has 0 unspecified atom stereocenters. The number of amides is 1. The van der Waals surface area contributed by atoms with E-state index in [1.54, 1.807) is 13.8 Å². The van der Waals surface area contributed by atoms with Crippen molar-refractivity contribution in [1.29, 1.82) is 0 Å². The molecular weight excluding hydrogens is 242 g/mol. The van der Waals surface area contributed by atoms with Crippen LogP contribution in [0.3, 0.4) is 0 Å². The third-order valence-corrected chi connectivity index (χ3v) is 2.35. The number of rotatable bonds is 9. The number of methoxy groups -OCH3 is 1. The van der Waals surface area contributed by atoms with Crippen LogP contribution in [0.2, 0.25) is 0 Å². The normalized spacial score (nSPS) is 13.1. The zero-order valence-electron chi connectivity index (χ0n) is 10.9. The number of hydrogen-bond acceptors (Lipinski definition) is 5. The molecule has 0 aromatic heterocycles. The maximum Gasteiger partial charge on any atom is 0.305 e. The van der Waals surface area contributed by atoms with Crippen LogP contribution in [0.25, 0.3) is 0 Å². The van der Waals surface area contributed by atoms with Crippen LogP contribution in [0, 0.1) is 5.41 Å². The van der Waals surface area contributed by atoms with Gasteiger partial charge in [0.25, 0.3) is 0 Å². The minimum absolute atomic E-state index is 0.0164. The second-order valence-corrected chi connectivity index (χ2v) is 4.53. The van der Waals surface area contributed by atoms with Crippen LogP contribution in [0.4, 0.5) is 0 Å². The third-order valence-electron chi connectivity index (χ3n) is 2.35. The second kappa shape index (κ2) is 8.02. The van der Waals surface area contributed by atoms with E-state index in [9.17, 15) is 14.7 Å². The Bertz CT molecular complexity index is 279. The summed E-state index contributed by atoms with van der Waals surface area (Å²) in [7, 11) is 1.42. The molecule has 0 bridgehead atoms. The van der Waals surface area contributed by atoms with Crippen LogP contribution in [-0.4, -0.2) is 55.2 Å². The van der Waals surface area contributed by atoms with Crippen LogP contribution in [0.1, 0.15) is 20.3 Å². The van der Waals surface area contributed by atoms with E-state index in [0.29, 0.717) is 0 Å². The molecule has 0 spiro atoms. The van der Waals surface area contributed by atoms with Crippen molar-refractivity contribution >= 4 is 11.9 Å². The molecule has 0 rings (SSSR count).